The molecule has 1 aromatic carbocycles. The second-order valence-corrected chi connectivity index (χ2v) is 6.85. The number of hydrogen-bond donors (Lipinski definition) is 1. The third-order valence-electron chi connectivity index (χ3n) is 4.47. The Morgan fingerprint density at radius 3 is 2.68 bits per heavy atom. The largest absolute Gasteiger partial charge is 0.490 e. The van der Waals surface area contributed by atoms with E-state index < -0.39 is 5.97 Å². The number of carbonyl (C=O) groups excluding carboxylic acids is 1. The van der Waals surface area contributed by atoms with Gasteiger partial charge in [-0.2, -0.15) is 0 Å². The average Bonchev–Trinajstić information content (AvgIpc) is 2.79. The van der Waals surface area contributed by atoms with Crippen LogP contribution in [0.4, 0.5) is 0 Å². The van der Waals surface area contributed by atoms with E-state index in [9.17, 15) is 9.59 Å². The Labute approximate surface area is 149 Å². The van der Waals surface area contributed by atoms with Crippen LogP contribution in [0.2, 0.25) is 0 Å². The highest BCUT2D eigenvalue weighted by Gasteiger charge is 2.26. The predicted molar refractivity (Wildman–Crippen MR) is 96.0 cm³/mol. The van der Waals surface area contributed by atoms with E-state index in [0.29, 0.717) is 24.4 Å². The van der Waals surface area contributed by atoms with E-state index in [1.165, 1.54) is 0 Å². The lowest BCUT2D eigenvalue weighted by Gasteiger charge is -2.26. The van der Waals surface area contributed by atoms with Crippen LogP contribution in [-0.2, 0) is 4.79 Å². The molecular formula is C19H28N2O4. The predicted octanol–water partition coefficient (Wildman–Crippen LogP) is 2.48. The quantitative estimate of drug-likeness (QED) is 0.855. The molecule has 6 nitrogen and oxygen atoms in total. The first kappa shape index (κ1) is 19.2. The number of para-hydroxylation sites is 1. The summed E-state index contributed by atoms with van der Waals surface area (Å²) in [5.41, 5.74) is 0.591. The zero-order chi connectivity index (χ0) is 18.4. The van der Waals surface area contributed by atoms with Gasteiger partial charge in [-0.15, -0.1) is 0 Å². The summed E-state index contributed by atoms with van der Waals surface area (Å²) in [6.45, 7) is 5.23. The number of carboxylic acid groups (broad SMARTS) is 1. The van der Waals surface area contributed by atoms with Crippen LogP contribution >= 0.6 is 0 Å². The van der Waals surface area contributed by atoms with Crippen molar-refractivity contribution < 1.29 is 19.4 Å². The molecule has 1 heterocycles. The Morgan fingerprint density at radius 1 is 1.28 bits per heavy atom. The van der Waals surface area contributed by atoms with Gasteiger partial charge < -0.3 is 14.7 Å². The molecule has 138 valence electrons. The first-order chi connectivity index (χ1) is 11.9. The summed E-state index contributed by atoms with van der Waals surface area (Å²) in [7, 11) is 1.84. The lowest BCUT2D eigenvalue weighted by atomic mass is 10.1. The molecule has 1 saturated heterocycles. The molecule has 0 radical (unpaired) electrons. The molecule has 1 aliphatic heterocycles. The summed E-state index contributed by atoms with van der Waals surface area (Å²) in [5.74, 6) is -0.219. The Morgan fingerprint density at radius 2 is 2.00 bits per heavy atom. The molecule has 25 heavy (non-hydrogen) atoms. The molecule has 0 spiro atoms. The van der Waals surface area contributed by atoms with Gasteiger partial charge in [0.2, 0.25) is 0 Å². The molecule has 6 heteroatoms. The maximum absolute atomic E-state index is 12.9. The van der Waals surface area contributed by atoms with Crippen molar-refractivity contribution in [1.82, 2.24) is 9.80 Å². The van der Waals surface area contributed by atoms with Crippen molar-refractivity contribution >= 4 is 11.9 Å². The number of carbonyl (C=O) groups is 2. The van der Waals surface area contributed by atoms with Gasteiger partial charge in [0, 0.05) is 19.1 Å². The zero-order valence-corrected chi connectivity index (χ0v) is 15.3. The molecule has 0 aromatic heterocycles. The van der Waals surface area contributed by atoms with Gasteiger partial charge in [-0.05, 0) is 52.3 Å². The van der Waals surface area contributed by atoms with Gasteiger partial charge in [0.15, 0.2) is 0 Å². The second kappa shape index (κ2) is 8.85. The van der Waals surface area contributed by atoms with Gasteiger partial charge in [0.1, 0.15) is 5.75 Å². The van der Waals surface area contributed by atoms with Crippen LogP contribution in [0.15, 0.2) is 24.3 Å². The van der Waals surface area contributed by atoms with Crippen LogP contribution in [-0.4, -0.2) is 65.6 Å². The highest BCUT2D eigenvalue weighted by Crippen LogP contribution is 2.23. The fourth-order valence-corrected chi connectivity index (χ4v) is 3.24. The van der Waals surface area contributed by atoms with Crippen molar-refractivity contribution in [2.45, 2.75) is 45.3 Å². The van der Waals surface area contributed by atoms with Crippen LogP contribution in [0.3, 0.4) is 0 Å². The van der Waals surface area contributed by atoms with Crippen LogP contribution in [0.5, 0.6) is 5.75 Å². The van der Waals surface area contributed by atoms with Crippen LogP contribution in [0.1, 0.15) is 43.5 Å². The normalized spacial score (nSPS) is 18.3. The molecule has 0 bridgehead atoms. The Kier molecular flexibility index (Phi) is 6.82. The molecule has 1 unspecified atom stereocenters. The number of likely N-dealkylation sites (tertiary alicyclic amines) is 1. The van der Waals surface area contributed by atoms with E-state index in [2.05, 4.69) is 0 Å². The molecule has 1 N–H and O–H groups in total. The van der Waals surface area contributed by atoms with Crippen molar-refractivity contribution in [2.24, 2.45) is 0 Å². The van der Waals surface area contributed by atoms with Gasteiger partial charge >= 0.3 is 5.97 Å². The molecule has 1 atom stereocenters. The number of amides is 1. The second-order valence-electron chi connectivity index (χ2n) is 6.85. The molecule has 1 fully saturated rings. The SMILES string of the molecule is CC(C)Oc1ccccc1C(=O)N1CCCC(N(C)CC(=O)O)CC1. The first-order valence-corrected chi connectivity index (χ1v) is 8.85. The molecule has 0 saturated carbocycles. The van der Waals surface area contributed by atoms with E-state index in [0.717, 1.165) is 19.3 Å². The number of aliphatic carboxylic acids is 1. The van der Waals surface area contributed by atoms with E-state index >= 15 is 0 Å². The maximum Gasteiger partial charge on any atom is 0.317 e. The number of carboxylic acids is 1. The number of hydrogen-bond acceptors (Lipinski definition) is 4. The summed E-state index contributed by atoms with van der Waals surface area (Å²) in [6.07, 6.45) is 2.56. The van der Waals surface area contributed by atoms with Crippen molar-refractivity contribution in [3.8, 4) is 5.75 Å². The lowest BCUT2D eigenvalue weighted by Crippen LogP contribution is -2.37. The number of rotatable bonds is 6. The first-order valence-electron chi connectivity index (χ1n) is 8.85. The topological polar surface area (TPSA) is 70.1 Å². The fourth-order valence-electron chi connectivity index (χ4n) is 3.24. The molecule has 1 aliphatic rings. The maximum atomic E-state index is 12.9. The lowest BCUT2D eigenvalue weighted by molar-refractivity contribution is -0.138. The molecule has 1 aromatic rings. The van der Waals surface area contributed by atoms with Gasteiger partial charge in [0.25, 0.3) is 5.91 Å². The van der Waals surface area contributed by atoms with Crippen molar-refractivity contribution in [2.75, 3.05) is 26.7 Å². The molecule has 2 rings (SSSR count). The molecule has 1 amide bonds. The summed E-state index contributed by atoms with van der Waals surface area (Å²) >= 11 is 0. The highest BCUT2D eigenvalue weighted by atomic mass is 16.5. The zero-order valence-electron chi connectivity index (χ0n) is 15.3. The Hall–Kier alpha value is -2.08. The van der Waals surface area contributed by atoms with Crippen molar-refractivity contribution in [3.63, 3.8) is 0 Å². The standard InChI is InChI=1S/C19H28N2O4/c1-14(2)25-17-9-5-4-8-16(17)19(24)21-11-6-7-15(10-12-21)20(3)13-18(22)23/h4-5,8-9,14-15H,6-7,10-13H2,1-3H3,(H,22,23). The number of nitrogens with zero attached hydrogens (tertiary/aromatic N) is 2. The summed E-state index contributed by atoms with van der Waals surface area (Å²) < 4.78 is 5.77. The summed E-state index contributed by atoms with van der Waals surface area (Å²) in [6, 6.07) is 7.54. The third kappa shape index (κ3) is 5.46. The van der Waals surface area contributed by atoms with Gasteiger partial charge in [-0.1, -0.05) is 12.1 Å². The molecule has 0 aliphatic carbocycles. The minimum atomic E-state index is -0.820. The van der Waals surface area contributed by atoms with E-state index in [-0.39, 0.29) is 24.6 Å². The Bertz CT molecular complexity index is 603. The summed E-state index contributed by atoms with van der Waals surface area (Å²) in [4.78, 5) is 27.6. The van der Waals surface area contributed by atoms with Crippen LogP contribution in [0.25, 0.3) is 0 Å². The van der Waals surface area contributed by atoms with Crippen LogP contribution < -0.4 is 4.74 Å². The molecular weight excluding hydrogens is 320 g/mol. The monoisotopic (exact) mass is 348 g/mol. The van der Waals surface area contributed by atoms with Crippen molar-refractivity contribution in [1.29, 1.82) is 0 Å². The average molecular weight is 348 g/mol. The van der Waals surface area contributed by atoms with Crippen molar-refractivity contribution in [3.05, 3.63) is 29.8 Å². The number of benzene rings is 1. The smallest absolute Gasteiger partial charge is 0.317 e. The fraction of sp³-hybridized carbons (Fsp3) is 0.579. The minimum Gasteiger partial charge on any atom is -0.490 e. The van der Waals surface area contributed by atoms with Gasteiger partial charge in [0.05, 0.1) is 18.2 Å². The summed E-state index contributed by atoms with van der Waals surface area (Å²) in [5, 5.41) is 8.96. The van der Waals surface area contributed by atoms with E-state index in [1.54, 1.807) is 6.07 Å². The highest BCUT2D eigenvalue weighted by molar-refractivity contribution is 5.97. The third-order valence-corrected chi connectivity index (χ3v) is 4.47. The van der Waals surface area contributed by atoms with Gasteiger partial charge in [-0.25, -0.2) is 0 Å². The Balaban J connectivity index is 2.05. The van der Waals surface area contributed by atoms with E-state index in [1.807, 2.05) is 48.9 Å². The minimum absolute atomic E-state index is 0.00660. The number of likely N-dealkylation sites (N-methyl/N-ethyl adjacent to an activating group) is 1. The van der Waals surface area contributed by atoms with Crippen LogP contribution in [0, 0.1) is 0 Å². The number of ether oxygens (including phenoxy) is 1. The van der Waals surface area contributed by atoms with Gasteiger partial charge in [-0.3, -0.25) is 14.5 Å². The van der Waals surface area contributed by atoms with E-state index in [4.69, 9.17) is 9.84 Å².